The molecule has 3 aromatic rings. The van der Waals surface area contributed by atoms with Crippen LogP contribution in [-0.2, 0) is 4.79 Å². The number of hydrogen-bond donors (Lipinski definition) is 2. The zero-order valence-electron chi connectivity index (χ0n) is 13.9. The van der Waals surface area contributed by atoms with Gasteiger partial charge in [0.15, 0.2) is 0 Å². The molecule has 1 amide bonds. The van der Waals surface area contributed by atoms with Crippen LogP contribution in [0.4, 0.5) is 0 Å². The lowest BCUT2D eigenvalue weighted by Gasteiger charge is -2.31. The minimum absolute atomic E-state index is 0.00550. The summed E-state index contributed by atoms with van der Waals surface area (Å²) in [5, 5.41) is 12.2. The molecule has 0 saturated carbocycles. The number of rotatable bonds is 3. The molecule has 25 heavy (non-hydrogen) atoms. The summed E-state index contributed by atoms with van der Waals surface area (Å²) >= 11 is 0. The van der Waals surface area contributed by atoms with Crippen LogP contribution in [0.2, 0.25) is 0 Å². The molecule has 1 saturated heterocycles. The number of carbonyl (C=O) groups is 2. The number of carboxylic acids is 1. The molecule has 0 unspecified atom stereocenters. The Hall–Kier alpha value is -2.82. The van der Waals surface area contributed by atoms with Crippen molar-refractivity contribution >= 4 is 33.6 Å². The largest absolute Gasteiger partial charge is 0.481 e. The highest BCUT2D eigenvalue weighted by Gasteiger charge is 2.25. The van der Waals surface area contributed by atoms with E-state index in [0.717, 1.165) is 34.5 Å². The van der Waals surface area contributed by atoms with Gasteiger partial charge >= 0.3 is 5.97 Å². The van der Waals surface area contributed by atoms with Crippen LogP contribution in [0.5, 0.6) is 0 Å². The monoisotopic (exact) mass is 336 g/mol. The Balaban J connectivity index is 1.57. The third kappa shape index (κ3) is 2.97. The van der Waals surface area contributed by atoms with Crippen LogP contribution in [0.25, 0.3) is 21.7 Å². The second-order valence-corrected chi connectivity index (χ2v) is 6.76. The van der Waals surface area contributed by atoms with E-state index in [1.807, 2.05) is 29.2 Å². The molecule has 1 fully saturated rings. The van der Waals surface area contributed by atoms with Crippen LogP contribution in [0.3, 0.4) is 0 Å². The van der Waals surface area contributed by atoms with Crippen molar-refractivity contribution < 1.29 is 14.7 Å². The molecule has 5 nitrogen and oxygen atoms in total. The fourth-order valence-corrected chi connectivity index (χ4v) is 3.76. The van der Waals surface area contributed by atoms with Crippen LogP contribution < -0.4 is 0 Å². The number of benzene rings is 2. The number of carboxylic acid groups (broad SMARTS) is 1. The second kappa shape index (κ2) is 6.24. The second-order valence-electron chi connectivity index (χ2n) is 6.76. The fraction of sp³-hybridized carbons (Fsp3) is 0.300. The summed E-state index contributed by atoms with van der Waals surface area (Å²) in [5.74, 6) is -0.588. The number of aromatic amines is 1. The van der Waals surface area contributed by atoms with Gasteiger partial charge in [0.1, 0.15) is 5.69 Å². The highest BCUT2D eigenvalue weighted by molar-refractivity contribution is 6.09. The minimum atomic E-state index is -0.757. The van der Waals surface area contributed by atoms with Crippen molar-refractivity contribution in [2.75, 3.05) is 13.1 Å². The van der Waals surface area contributed by atoms with Crippen molar-refractivity contribution in [3.05, 3.63) is 48.2 Å². The molecule has 0 bridgehead atoms. The maximum absolute atomic E-state index is 12.8. The van der Waals surface area contributed by atoms with Gasteiger partial charge in [-0.15, -0.1) is 0 Å². The number of aromatic nitrogens is 1. The number of H-pyrrole nitrogens is 1. The lowest BCUT2D eigenvalue weighted by molar-refractivity contribution is -0.138. The summed E-state index contributed by atoms with van der Waals surface area (Å²) in [5.41, 5.74) is 1.56. The van der Waals surface area contributed by atoms with E-state index in [9.17, 15) is 9.59 Å². The summed E-state index contributed by atoms with van der Waals surface area (Å²) in [4.78, 5) is 28.7. The smallest absolute Gasteiger partial charge is 0.303 e. The lowest BCUT2D eigenvalue weighted by Crippen LogP contribution is -2.39. The predicted octanol–water partition coefficient (Wildman–Crippen LogP) is 3.65. The molecule has 2 N–H and O–H groups in total. The first-order valence-electron chi connectivity index (χ1n) is 8.63. The maximum Gasteiger partial charge on any atom is 0.303 e. The molecule has 0 atom stereocenters. The number of nitrogens with zero attached hydrogens (tertiary/aromatic N) is 1. The van der Waals surface area contributed by atoms with Crippen molar-refractivity contribution in [2.24, 2.45) is 5.92 Å². The third-order valence-electron chi connectivity index (χ3n) is 5.12. The molecule has 4 rings (SSSR count). The van der Waals surface area contributed by atoms with Crippen LogP contribution in [0, 0.1) is 5.92 Å². The molecule has 2 aromatic carbocycles. The van der Waals surface area contributed by atoms with Gasteiger partial charge in [-0.2, -0.15) is 0 Å². The number of amides is 1. The zero-order chi connectivity index (χ0) is 17.4. The Morgan fingerprint density at radius 1 is 1.08 bits per heavy atom. The quantitative estimate of drug-likeness (QED) is 0.767. The first-order valence-corrected chi connectivity index (χ1v) is 8.63. The van der Waals surface area contributed by atoms with Gasteiger partial charge in [0.25, 0.3) is 5.91 Å². The predicted molar refractivity (Wildman–Crippen MR) is 96.7 cm³/mol. The highest BCUT2D eigenvalue weighted by atomic mass is 16.4. The number of nitrogens with one attached hydrogen (secondary N) is 1. The topological polar surface area (TPSA) is 73.4 Å². The fourth-order valence-electron chi connectivity index (χ4n) is 3.76. The van der Waals surface area contributed by atoms with E-state index in [4.69, 9.17) is 5.11 Å². The van der Waals surface area contributed by atoms with Gasteiger partial charge in [-0.05, 0) is 41.7 Å². The van der Waals surface area contributed by atoms with Crippen molar-refractivity contribution in [2.45, 2.75) is 19.3 Å². The molecule has 1 aliphatic heterocycles. The molecular formula is C20H20N2O3. The van der Waals surface area contributed by atoms with Crippen LogP contribution in [0.1, 0.15) is 29.8 Å². The summed E-state index contributed by atoms with van der Waals surface area (Å²) in [6, 6.07) is 14.1. The number of fused-ring (bicyclic) bond motifs is 3. The molecule has 0 radical (unpaired) electrons. The first-order chi connectivity index (χ1) is 12.1. The number of aliphatic carboxylic acids is 1. The molecule has 2 heterocycles. The zero-order valence-corrected chi connectivity index (χ0v) is 13.9. The normalized spacial score (nSPS) is 15.8. The Labute approximate surface area is 145 Å². The molecule has 1 aromatic heterocycles. The molecule has 1 aliphatic rings. The lowest BCUT2D eigenvalue weighted by atomic mass is 9.93. The van der Waals surface area contributed by atoms with E-state index in [-0.39, 0.29) is 18.2 Å². The van der Waals surface area contributed by atoms with Crippen LogP contribution in [-0.4, -0.2) is 40.0 Å². The first kappa shape index (κ1) is 15.7. The SMILES string of the molecule is O=C(O)CC1CCN(C(=O)c2cc3c(ccc4ccccc43)[nH]2)CC1. The summed E-state index contributed by atoms with van der Waals surface area (Å²) in [7, 11) is 0. The molecule has 0 spiro atoms. The number of hydrogen-bond acceptors (Lipinski definition) is 2. The van der Waals surface area contributed by atoms with Gasteiger partial charge in [-0.1, -0.05) is 30.3 Å². The number of piperidine rings is 1. The maximum atomic E-state index is 12.8. The van der Waals surface area contributed by atoms with Crippen molar-refractivity contribution in [3.63, 3.8) is 0 Å². The van der Waals surface area contributed by atoms with E-state index in [2.05, 4.69) is 23.2 Å². The minimum Gasteiger partial charge on any atom is -0.481 e. The van der Waals surface area contributed by atoms with Gasteiger partial charge < -0.3 is 15.0 Å². The van der Waals surface area contributed by atoms with Gasteiger partial charge in [0, 0.05) is 30.4 Å². The van der Waals surface area contributed by atoms with E-state index in [1.165, 1.54) is 0 Å². The van der Waals surface area contributed by atoms with Crippen molar-refractivity contribution in [3.8, 4) is 0 Å². The third-order valence-corrected chi connectivity index (χ3v) is 5.12. The Bertz CT molecular complexity index is 952. The van der Waals surface area contributed by atoms with Crippen molar-refractivity contribution in [1.29, 1.82) is 0 Å². The molecule has 5 heteroatoms. The number of likely N-dealkylation sites (tertiary alicyclic amines) is 1. The summed E-state index contributed by atoms with van der Waals surface area (Å²) in [6.45, 7) is 1.24. The number of carbonyl (C=O) groups excluding carboxylic acids is 1. The summed E-state index contributed by atoms with van der Waals surface area (Å²) < 4.78 is 0. The van der Waals surface area contributed by atoms with Crippen LogP contribution >= 0.6 is 0 Å². The van der Waals surface area contributed by atoms with E-state index in [1.54, 1.807) is 0 Å². The molecule has 128 valence electrons. The van der Waals surface area contributed by atoms with Gasteiger partial charge in [0.05, 0.1) is 0 Å². The molecule has 0 aliphatic carbocycles. The highest BCUT2D eigenvalue weighted by Crippen LogP contribution is 2.27. The standard InChI is InChI=1S/C20H20N2O3/c23-19(24)11-13-7-9-22(10-8-13)20(25)18-12-16-15-4-2-1-3-14(15)5-6-17(16)21-18/h1-6,12-13,21H,7-11H2,(H,23,24). The van der Waals surface area contributed by atoms with E-state index in [0.29, 0.717) is 18.8 Å². The van der Waals surface area contributed by atoms with Gasteiger partial charge in [-0.3, -0.25) is 9.59 Å². The Kier molecular flexibility index (Phi) is 3.92. The van der Waals surface area contributed by atoms with Gasteiger partial charge in [-0.25, -0.2) is 0 Å². The average Bonchev–Trinajstić information content (AvgIpc) is 3.06. The molecular weight excluding hydrogens is 316 g/mol. The van der Waals surface area contributed by atoms with Gasteiger partial charge in [0.2, 0.25) is 0 Å². The Morgan fingerprint density at radius 3 is 2.60 bits per heavy atom. The van der Waals surface area contributed by atoms with E-state index >= 15 is 0 Å². The Morgan fingerprint density at radius 2 is 1.84 bits per heavy atom. The summed E-state index contributed by atoms with van der Waals surface area (Å²) in [6.07, 6.45) is 1.70. The van der Waals surface area contributed by atoms with Crippen molar-refractivity contribution in [1.82, 2.24) is 9.88 Å². The average molecular weight is 336 g/mol. The van der Waals surface area contributed by atoms with E-state index < -0.39 is 5.97 Å². The van der Waals surface area contributed by atoms with Crippen LogP contribution in [0.15, 0.2) is 42.5 Å².